The average Bonchev–Trinajstić information content (AvgIpc) is 2.35. The molecule has 4 nitrogen and oxygen atoms in total. The fraction of sp³-hybridized carbons (Fsp3) is 0.286. The lowest BCUT2D eigenvalue weighted by Gasteiger charge is -2.06. The first-order valence-electron chi connectivity index (χ1n) is 5.81. The molecule has 0 saturated heterocycles. The van der Waals surface area contributed by atoms with Gasteiger partial charge in [0.15, 0.2) is 0 Å². The van der Waals surface area contributed by atoms with Crippen molar-refractivity contribution in [2.24, 2.45) is 0 Å². The monoisotopic (exact) mass is 248 g/mol. The molecule has 18 heavy (non-hydrogen) atoms. The fourth-order valence-corrected chi connectivity index (χ4v) is 1.42. The summed E-state index contributed by atoms with van der Waals surface area (Å²) >= 11 is 0. The molecule has 1 N–H and O–H groups in total. The summed E-state index contributed by atoms with van der Waals surface area (Å²) in [7, 11) is 0. The van der Waals surface area contributed by atoms with Crippen LogP contribution in [0.4, 0.5) is 0 Å². The molecule has 0 unspecified atom stereocenters. The zero-order chi connectivity index (χ0) is 13.4. The number of carbonyl (C=O) groups excluding carboxylic acids is 1. The minimum absolute atomic E-state index is 0.00925. The van der Waals surface area contributed by atoms with Crippen molar-refractivity contribution >= 4 is 11.9 Å². The van der Waals surface area contributed by atoms with E-state index in [1.807, 2.05) is 19.1 Å². The van der Waals surface area contributed by atoms with E-state index >= 15 is 0 Å². The van der Waals surface area contributed by atoms with Crippen LogP contribution in [-0.4, -0.2) is 17.0 Å². The topological polar surface area (TPSA) is 63.6 Å². The summed E-state index contributed by atoms with van der Waals surface area (Å²) in [6, 6.07) is 7.33. The second kappa shape index (κ2) is 7.27. The molecule has 0 radical (unpaired) electrons. The molecule has 1 rings (SSSR count). The number of ether oxygens (including phenoxy) is 1. The van der Waals surface area contributed by atoms with Crippen molar-refractivity contribution in [1.82, 2.24) is 0 Å². The molecule has 0 atom stereocenters. The van der Waals surface area contributed by atoms with Crippen molar-refractivity contribution in [3.63, 3.8) is 0 Å². The maximum Gasteiger partial charge on any atom is 0.335 e. The van der Waals surface area contributed by atoms with E-state index in [0.29, 0.717) is 12.2 Å². The molecular weight excluding hydrogens is 232 g/mol. The van der Waals surface area contributed by atoms with Crippen molar-refractivity contribution in [1.29, 1.82) is 0 Å². The number of carbonyl (C=O) groups is 2. The number of esters is 1. The lowest BCUT2D eigenvalue weighted by atomic mass is 10.1. The molecule has 0 aromatic heterocycles. The summed E-state index contributed by atoms with van der Waals surface area (Å²) in [6.07, 6.45) is 3.88. The number of hydrogen-bond donors (Lipinski definition) is 1. The quantitative estimate of drug-likeness (QED) is 0.477. The van der Waals surface area contributed by atoms with Crippen molar-refractivity contribution < 1.29 is 19.4 Å². The lowest BCUT2D eigenvalue weighted by Crippen LogP contribution is -2.05. The minimum Gasteiger partial charge on any atom is -0.481 e. The van der Waals surface area contributed by atoms with Gasteiger partial charge in [-0.2, -0.15) is 0 Å². The van der Waals surface area contributed by atoms with E-state index in [0.717, 1.165) is 12.0 Å². The minimum atomic E-state index is -0.885. The highest BCUT2D eigenvalue weighted by atomic mass is 16.5. The molecule has 0 spiro atoms. The predicted molar refractivity (Wildman–Crippen MR) is 67.5 cm³/mol. The molecule has 0 aliphatic carbocycles. The molecule has 0 heterocycles. The Labute approximate surface area is 106 Å². The summed E-state index contributed by atoms with van der Waals surface area (Å²) in [6.45, 7) is 1.98. The Morgan fingerprint density at radius 3 is 2.72 bits per heavy atom. The molecule has 1 aromatic rings. The highest BCUT2D eigenvalue weighted by Gasteiger charge is 2.04. The van der Waals surface area contributed by atoms with Crippen LogP contribution in [0.15, 0.2) is 36.4 Å². The molecule has 1 aromatic carbocycles. The summed E-state index contributed by atoms with van der Waals surface area (Å²) < 4.78 is 5.17. The van der Waals surface area contributed by atoms with E-state index in [2.05, 4.69) is 0 Å². The van der Waals surface area contributed by atoms with Crippen LogP contribution in [0.5, 0.6) is 5.75 Å². The van der Waals surface area contributed by atoms with E-state index in [9.17, 15) is 9.59 Å². The molecule has 0 bridgehead atoms. The Hall–Kier alpha value is -2.10. The smallest absolute Gasteiger partial charge is 0.335 e. The Bertz CT molecular complexity index is 449. The second-order valence-electron chi connectivity index (χ2n) is 3.72. The molecule has 96 valence electrons. The molecule has 0 aliphatic rings. The van der Waals surface area contributed by atoms with Crippen LogP contribution in [0.25, 0.3) is 0 Å². The van der Waals surface area contributed by atoms with Crippen molar-refractivity contribution in [2.75, 3.05) is 0 Å². The van der Waals surface area contributed by atoms with Gasteiger partial charge in [-0.1, -0.05) is 31.2 Å². The summed E-state index contributed by atoms with van der Waals surface area (Å²) in [5.74, 6) is -0.821. The van der Waals surface area contributed by atoms with Crippen LogP contribution >= 0.6 is 0 Å². The van der Waals surface area contributed by atoms with Gasteiger partial charge in [-0.3, -0.25) is 4.79 Å². The van der Waals surface area contributed by atoms with Gasteiger partial charge < -0.3 is 9.84 Å². The predicted octanol–water partition coefficient (Wildman–Crippen LogP) is 2.58. The first-order chi connectivity index (χ1) is 8.63. The maximum absolute atomic E-state index is 11.5. The van der Waals surface area contributed by atoms with E-state index in [1.165, 1.54) is 12.2 Å². The Morgan fingerprint density at radius 1 is 1.33 bits per heavy atom. The Kier molecular flexibility index (Phi) is 5.64. The third-order valence-electron chi connectivity index (χ3n) is 2.34. The van der Waals surface area contributed by atoms with E-state index < -0.39 is 11.9 Å². The SMILES string of the molecule is CCc1ccccc1OC(=O)C=CCCC(=O)O. The van der Waals surface area contributed by atoms with Gasteiger partial charge in [0.05, 0.1) is 0 Å². The van der Waals surface area contributed by atoms with E-state index in [-0.39, 0.29) is 6.42 Å². The van der Waals surface area contributed by atoms with Gasteiger partial charge >= 0.3 is 11.9 Å². The first-order valence-corrected chi connectivity index (χ1v) is 5.81. The van der Waals surface area contributed by atoms with Gasteiger partial charge in [-0.25, -0.2) is 4.79 Å². The van der Waals surface area contributed by atoms with E-state index in [4.69, 9.17) is 9.84 Å². The largest absolute Gasteiger partial charge is 0.481 e. The number of aliphatic carboxylic acids is 1. The number of carboxylic acids is 1. The zero-order valence-electron chi connectivity index (χ0n) is 10.3. The molecule has 4 heteroatoms. The number of para-hydroxylation sites is 1. The van der Waals surface area contributed by atoms with Gasteiger partial charge in [0, 0.05) is 12.5 Å². The van der Waals surface area contributed by atoms with Gasteiger partial charge in [0.25, 0.3) is 0 Å². The van der Waals surface area contributed by atoms with Crippen molar-refractivity contribution in [3.05, 3.63) is 42.0 Å². The number of allylic oxidation sites excluding steroid dienone is 1. The number of aryl methyl sites for hydroxylation is 1. The van der Waals surface area contributed by atoms with Crippen LogP contribution < -0.4 is 4.74 Å². The Morgan fingerprint density at radius 2 is 2.06 bits per heavy atom. The lowest BCUT2D eigenvalue weighted by molar-refractivity contribution is -0.137. The standard InChI is InChI=1S/C14H16O4/c1-2-11-7-3-4-8-12(11)18-14(17)10-6-5-9-13(15)16/h3-4,6-8,10H,2,5,9H2,1H3,(H,15,16). The van der Waals surface area contributed by atoms with Crippen LogP contribution in [0.1, 0.15) is 25.3 Å². The zero-order valence-corrected chi connectivity index (χ0v) is 10.3. The first kappa shape index (κ1) is 14.0. The molecular formula is C14H16O4. The number of rotatable bonds is 6. The summed E-state index contributed by atoms with van der Waals surface area (Å²) in [4.78, 5) is 21.7. The third kappa shape index (κ3) is 4.82. The number of carboxylic acid groups (broad SMARTS) is 1. The van der Waals surface area contributed by atoms with Crippen LogP contribution in [0, 0.1) is 0 Å². The van der Waals surface area contributed by atoms with E-state index in [1.54, 1.807) is 12.1 Å². The average molecular weight is 248 g/mol. The second-order valence-corrected chi connectivity index (χ2v) is 3.72. The Balaban J connectivity index is 2.51. The molecule has 0 aliphatic heterocycles. The third-order valence-corrected chi connectivity index (χ3v) is 2.34. The van der Waals surface area contributed by atoms with Gasteiger partial charge in [0.1, 0.15) is 5.75 Å². The molecule has 0 amide bonds. The van der Waals surface area contributed by atoms with Gasteiger partial charge in [-0.15, -0.1) is 0 Å². The highest BCUT2D eigenvalue weighted by molar-refractivity contribution is 5.84. The van der Waals surface area contributed by atoms with Crippen molar-refractivity contribution in [3.8, 4) is 5.75 Å². The highest BCUT2D eigenvalue weighted by Crippen LogP contribution is 2.18. The van der Waals surface area contributed by atoms with Crippen LogP contribution in [0.2, 0.25) is 0 Å². The van der Waals surface area contributed by atoms with Gasteiger partial charge in [0.2, 0.25) is 0 Å². The molecule has 0 saturated carbocycles. The molecule has 0 fully saturated rings. The van der Waals surface area contributed by atoms with Crippen LogP contribution in [-0.2, 0) is 16.0 Å². The van der Waals surface area contributed by atoms with Crippen molar-refractivity contribution in [2.45, 2.75) is 26.2 Å². The fourth-order valence-electron chi connectivity index (χ4n) is 1.42. The summed E-state index contributed by atoms with van der Waals surface area (Å²) in [5, 5.41) is 8.43. The number of hydrogen-bond acceptors (Lipinski definition) is 3. The normalized spacial score (nSPS) is 10.5. The number of benzene rings is 1. The summed E-state index contributed by atoms with van der Waals surface area (Å²) in [5.41, 5.74) is 0.963. The maximum atomic E-state index is 11.5. The van der Waals surface area contributed by atoms with Crippen LogP contribution in [0.3, 0.4) is 0 Å². The van der Waals surface area contributed by atoms with Gasteiger partial charge in [-0.05, 0) is 24.5 Å².